The number of para-hydroxylation sites is 1. The first-order chi connectivity index (χ1) is 17.5. The lowest BCUT2D eigenvalue weighted by Crippen LogP contribution is -2.22. The number of nitrogens with one attached hydrogen (secondary N) is 1. The Morgan fingerprint density at radius 1 is 0.806 bits per heavy atom. The van der Waals surface area contributed by atoms with Crippen molar-refractivity contribution in [1.82, 2.24) is 0 Å². The van der Waals surface area contributed by atoms with E-state index in [0.29, 0.717) is 29.9 Å². The fourth-order valence-corrected chi connectivity index (χ4v) is 4.53. The predicted molar refractivity (Wildman–Crippen MR) is 145 cm³/mol. The maximum Gasteiger partial charge on any atom is 0.270 e. The minimum absolute atomic E-state index is 0.0301. The van der Waals surface area contributed by atoms with E-state index >= 15 is 0 Å². The number of nitro groups is 1. The second-order valence-corrected chi connectivity index (χ2v) is 8.94. The lowest BCUT2D eigenvalue weighted by molar-refractivity contribution is -0.384. The molecule has 0 unspecified atom stereocenters. The summed E-state index contributed by atoms with van der Waals surface area (Å²) in [5, 5.41) is 15.9. The van der Waals surface area contributed by atoms with E-state index in [1.165, 1.54) is 6.07 Å². The summed E-state index contributed by atoms with van der Waals surface area (Å²) in [5.74, 6) is 0.565. The van der Waals surface area contributed by atoms with Crippen molar-refractivity contribution < 1.29 is 9.34 Å². The number of fused-ring (bicyclic) bond motifs is 1. The molecule has 1 aromatic heterocycles. The van der Waals surface area contributed by atoms with E-state index in [4.69, 9.17) is 4.42 Å². The summed E-state index contributed by atoms with van der Waals surface area (Å²) in [6.07, 6.45) is 0. The molecule has 0 spiro atoms. The number of nitrogens with zero attached hydrogens (tertiary/aromatic N) is 2. The van der Waals surface area contributed by atoms with E-state index in [1.807, 2.05) is 68.4 Å². The van der Waals surface area contributed by atoms with Crippen LogP contribution in [0.1, 0.15) is 22.3 Å². The van der Waals surface area contributed by atoms with Gasteiger partial charge in [0.1, 0.15) is 11.3 Å². The Hall–Kier alpha value is -4.58. The van der Waals surface area contributed by atoms with Crippen LogP contribution in [0.2, 0.25) is 0 Å². The van der Waals surface area contributed by atoms with Gasteiger partial charge >= 0.3 is 0 Å². The molecule has 180 valence electrons. The van der Waals surface area contributed by atoms with Crippen molar-refractivity contribution in [3.05, 3.63) is 129 Å². The zero-order valence-corrected chi connectivity index (χ0v) is 20.3. The minimum atomic E-state index is -0.368. The number of rotatable bonds is 8. The number of benzene rings is 4. The van der Waals surface area contributed by atoms with E-state index in [9.17, 15) is 10.1 Å². The number of furan rings is 1. The van der Waals surface area contributed by atoms with Crippen LogP contribution < -0.4 is 10.2 Å². The van der Waals surface area contributed by atoms with Gasteiger partial charge in [0, 0.05) is 30.9 Å². The van der Waals surface area contributed by atoms with Gasteiger partial charge in [-0.15, -0.1) is 0 Å². The van der Waals surface area contributed by atoms with Gasteiger partial charge in [-0.1, -0.05) is 78.9 Å². The molecule has 0 aliphatic carbocycles. The summed E-state index contributed by atoms with van der Waals surface area (Å²) in [6, 6.07) is 31.3. The molecule has 5 aromatic rings. The molecule has 0 amide bonds. The molecule has 0 bridgehead atoms. The largest absolute Gasteiger partial charge is 0.438 e. The fourth-order valence-electron chi connectivity index (χ4n) is 4.53. The van der Waals surface area contributed by atoms with Crippen LogP contribution >= 0.6 is 0 Å². The molecule has 6 nitrogen and oxygen atoms in total. The molecule has 0 atom stereocenters. The lowest BCUT2D eigenvalue weighted by Gasteiger charge is -2.26. The number of aryl methyl sites for hydroxylation is 2. The van der Waals surface area contributed by atoms with E-state index in [1.54, 1.807) is 12.1 Å². The number of anilines is 3. The van der Waals surface area contributed by atoms with Crippen molar-refractivity contribution in [3.8, 4) is 0 Å². The Labute approximate surface area is 210 Å². The molecule has 0 aliphatic rings. The molecule has 0 saturated heterocycles. The van der Waals surface area contributed by atoms with E-state index in [0.717, 1.165) is 33.6 Å². The van der Waals surface area contributed by atoms with Crippen LogP contribution in [0.4, 0.5) is 22.9 Å². The number of hydrogen-bond acceptors (Lipinski definition) is 5. The van der Waals surface area contributed by atoms with Gasteiger partial charge in [0.2, 0.25) is 5.88 Å². The summed E-state index contributed by atoms with van der Waals surface area (Å²) in [6.45, 7) is 5.31. The number of nitro benzene ring substituents is 1. The highest BCUT2D eigenvalue weighted by Crippen LogP contribution is 2.43. The number of hydrogen-bond donors (Lipinski definition) is 1. The highest BCUT2D eigenvalue weighted by atomic mass is 16.6. The van der Waals surface area contributed by atoms with Crippen LogP contribution in [0.3, 0.4) is 0 Å². The topological polar surface area (TPSA) is 71.5 Å². The van der Waals surface area contributed by atoms with Crippen molar-refractivity contribution in [1.29, 1.82) is 0 Å². The maximum absolute atomic E-state index is 11.6. The van der Waals surface area contributed by atoms with Gasteiger partial charge < -0.3 is 14.6 Å². The summed E-state index contributed by atoms with van der Waals surface area (Å²) >= 11 is 0. The Morgan fingerprint density at radius 2 is 1.39 bits per heavy atom. The third-order valence-corrected chi connectivity index (χ3v) is 6.32. The fraction of sp³-hybridized carbons (Fsp3) is 0.133. The predicted octanol–water partition coefficient (Wildman–Crippen LogP) is 7.91. The standard InChI is InChI=1S/C30H27N3O3/c1-21-10-9-11-22(2)28(21)31-30-29(26-18-25(33(34)35)16-17-27(26)36-30)32(19-23-12-5-3-6-13-23)20-24-14-7-4-8-15-24/h3-18,31H,19-20H2,1-2H3. The van der Waals surface area contributed by atoms with Crippen LogP contribution in [-0.2, 0) is 13.1 Å². The van der Waals surface area contributed by atoms with Gasteiger partial charge in [-0.05, 0) is 42.2 Å². The average Bonchev–Trinajstić information content (AvgIpc) is 3.24. The van der Waals surface area contributed by atoms with E-state index < -0.39 is 0 Å². The van der Waals surface area contributed by atoms with E-state index in [2.05, 4.69) is 34.5 Å². The first kappa shape index (κ1) is 23.2. The molecular formula is C30H27N3O3. The molecule has 0 fully saturated rings. The Balaban J connectivity index is 1.70. The van der Waals surface area contributed by atoms with Gasteiger partial charge in [-0.2, -0.15) is 0 Å². The first-order valence-electron chi connectivity index (χ1n) is 11.9. The summed E-state index contributed by atoms with van der Waals surface area (Å²) in [4.78, 5) is 13.5. The molecule has 0 saturated carbocycles. The average molecular weight is 478 g/mol. The highest BCUT2D eigenvalue weighted by Gasteiger charge is 2.24. The monoisotopic (exact) mass is 477 g/mol. The van der Waals surface area contributed by atoms with Crippen molar-refractivity contribution in [2.45, 2.75) is 26.9 Å². The third kappa shape index (κ3) is 4.79. The van der Waals surface area contributed by atoms with Crippen LogP contribution in [0.25, 0.3) is 11.0 Å². The van der Waals surface area contributed by atoms with Gasteiger partial charge in [0.25, 0.3) is 5.69 Å². The maximum atomic E-state index is 11.6. The molecule has 4 aromatic carbocycles. The molecule has 6 heteroatoms. The van der Waals surface area contributed by atoms with E-state index in [-0.39, 0.29) is 10.6 Å². The van der Waals surface area contributed by atoms with Crippen molar-refractivity contribution in [2.24, 2.45) is 0 Å². The second kappa shape index (κ2) is 9.96. The molecule has 36 heavy (non-hydrogen) atoms. The normalized spacial score (nSPS) is 10.9. The van der Waals surface area contributed by atoms with Crippen LogP contribution in [0.5, 0.6) is 0 Å². The van der Waals surface area contributed by atoms with Gasteiger partial charge in [-0.25, -0.2) is 0 Å². The zero-order chi connectivity index (χ0) is 25.1. The van der Waals surface area contributed by atoms with Gasteiger partial charge in [-0.3, -0.25) is 10.1 Å². The smallest absolute Gasteiger partial charge is 0.270 e. The third-order valence-electron chi connectivity index (χ3n) is 6.32. The van der Waals surface area contributed by atoms with Crippen LogP contribution in [0, 0.1) is 24.0 Å². The van der Waals surface area contributed by atoms with Crippen LogP contribution in [0.15, 0.2) is 101 Å². The number of non-ortho nitro benzene ring substituents is 1. The lowest BCUT2D eigenvalue weighted by atomic mass is 10.1. The van der Waals surface area contributed by atoms with Crippen LogP contribution in [-0.4, -0.2) is 4.92 Å². The quantitative estimate of drug-likeness (QED) is 0.182. The molecule has 1 heterocycles. The Bertz CT molecular complexity index is 1450. The summed E-state index contributed by atoms with van der Waals surface area (Å²) in [7, 11) is 0. The highest BCUT2D eigenvalue weighted by molar-refractivity contribution is 6.00. The van der Waals surface area contributed by atoms with Crippen molar-refractivity contribution in [2.75, 3.05) is 10.2 Å². The first-order valence-corrected chi connectivity index (χ1v) is 11.9. The van der Waals surface area contributed by atoms with Crippen molar-refractivity contribution in [3.63, 3.8) is 0 Å². The molecule has 0 radical (unpaired) electrons. The molecule has 0 aliphatic heterocycles. The molecule has 5 rings (SSSR count). The SMILES string of the molecule is Cc1cccc(C)c1Nc1oc2ccc([N+](=O)[O-])cc2c1N(Cc1ccccc1)Cc1ccccc1. The van der Waals surface area contributed by atoms with Gasteiger partial charge in [0.15, 0.2) is 0 Å². The zero-order valence-electron chi connectivity index (χ0n) is 20.3. The second-order valence-electron chi connectivity index (χ2n) is 8.94. The minimum Gasteiger partial charge on any atom is -0.438 e. The summed E-state index contributed by atoms with van der Waals surface area (Å²) < 4.78 is 6.33. The molecule has 1 N–H and O–H groups in total. The summed E-state index contributed by atoms with van der Waals surface area (Å²) in [5.41, 5.74) is 6.82. The van der Waals surface area contributed by atoms with Crippen molar-refractivity contribution >= 4 is 33.9 Å². The Kier molecular flexibility index (Phi) is 6.41. The molecular weight excluding hydrogens is 450 g/mol. The van der Waals surface area contributed by atoms with Gasteiger partial charge in [0.05, 0.1) is 10.3 Å². The Morgan fingerprint density at radius 3 is 1.94 bits per heavy atom.